The largest absolute Gasteiger partial charge is 0.397 e. The van der Waals surface area contributed by atoms with E-state index < -0.39 is 17.5 Å². The molecule has 0 aliphatic carbocycles. The number of nitrogens with one attached hydrogen (secondary N) is 1. The Hall–Kier alpha value is -2.68. The lowest BCUT2D eigenvalue weighted by Crippen LogP contribution is -2.01. The van der Waals surface area contributed by atoms with Crippen LogP contribution < -0.4 is 11.1 Å². The lowest BCUT2D eigenvalue weighted by Gasteiger charge is -2.11. The summed E-state index contributed by atoms with van der Waals surface area (Å²) < 4.78 is 39.5. The van der Waals surface area contributed by atoms with Gasteiger partial charge in [-0.1, -0.05) is 0 Å². The first-order chi connectivity index (χ1) is 9.01. The zero-order valence-electron chi connectivity index (χ0n) is 9.55. The van der Waals surface area contributed by atoms with Gasteiger partial charge in [0.05, 0.1) is 28.7 Å². The molecule has 19 heavy (non-hydrogen) atoms. The zero-order valence-corrected chi connectivity index (χ0v) is 9.55. The highest BCUT2D eigenvalue weighted by molar-refractivity contribution is 5.74. The van der Waals surface area contributed by atoms with Crippen LogP contribution in [0.25, 0.3) is 0 Å². The lowest BCUT2D eigenvalue weighted by molar-refractivity contribution is 0.498. The molecule has 0 bridgehead atoms. The number of anilines is 3. The number of hydrogen-bond acceptors (Lipinski definition) is 3. The minimum atomic E-state index is -1.31. The predicted molar refractivity (Wildman–Crippen MR) is 65.2 cm³/mol. The highest BCUT2D eigenvalue weighted by atomic mass is 19.2. The van der Waals surface area contributed by atoms with Gasteiger partial charge in [0.1, 0.15) is 5.82 Å². The molecular weight excluding hydrogens is 255 g/mol. The number of halogens is 3. The molecule has 6 heteroatoms. The lowest BCUT2D eigenvalue weighted by atomic mass is 10.1. The van der Waals surface area contributed by atoms with Crippen LogP contribution in [0.2, 0.25) is 0 Å². The van der Waals surface area contributed by atoms with Crippen LogP contribution in [0, 0.1) is 28.8 Å². The Bertz CT molecular complexity index is 678. The molecule has 3 N–H and O–H groups in total. The molecule has 96 valence electrons. The van der Waals surface area contributed by atoms with E-state index in [1.165, 1.54) is 18.2 Å². The minimum Gasteiger partial charge on any atom is -0.397 e. The van der Waals surface area contributed by atoms with Gasteiger partial charge in [0.2, 0.25) is 0 Å². The van der Waals surface area contributed by atoms with Crippen molar-refractivity contribution in [2.75, 3.05) is 11.1 Å². The molecule has 2 aromatic carbocycles. The van der Waals surface area contributed by atoms with Crippen molar-refractivity contribution in [2.24, 2.45) is 0 Å². The van der Waals surface area contributed by atoms with E-state index in [0.29, 0.717) is 6.07 Å². The summed E-state index contributed by atoms with van der Waals surface area (Å²) in [4.78, 5) is 0. The SMILES string of the molecule is N#Cc1ccc(N)c(Nc2cc(F)cc(F)c2F)c1. The Morgan fingerprint density at radius 1 is 1.05 bits per heavy atom. The van der Waals surface area contributed by atoms with E-state index >= 15 is 0 Å². The number of rotatable bonds is 2. The van der Waals surface area contributed by atoms with Crippen molar-refractivity contribution < 1.29 is 13.2 Å². The van der Waals surface area contributed by atoms with Crippen LogP contribution in [0.1, 0.15) is 5.56 Å². The number of nitrogens with zero attached hydrogens (tertiary/aromatic N) is 1. The fourth-order valence-corrected chi connectivity index (χ4v) is 1.53. The molecule has 0 atom stereocenters. The highest BCUT2D eigenvalue weighted by Crippen LogP contribution is 2.27. The van der Waals surface area contributed by atoms with Crippen LogP contribution in [-0.4, -0.2) is 0 Å². The first kappa shape index (κ1) is 12.8. The number of nitrogens with two attached hydrogens (primary N) is 1. The van der Waals surface area contributed by atoms with Crippen LogP contribution >= 0.6 is 0 Å². The topological polar surface area (TPSA) is 61.8 Å². The maximum absolute atomic E-state index is 13.5. The highest BCUT2D eigenvalue weighted by Gasteiger charge is 2.12. The third-order valence-electron chi connectivity index (χ3n) is 2.44. The van der Waals surface area contributed by atoms with E-state index in [0.717, 1.165) is 6.07 Å². The van der Waals surface area contributed by atoms with Gasteiger partial charge in [-0.25, -0.2) is 13.2 Å². The second-order valence-corrected chi connectivity index (χ2v) is 3.79. The van der Waals surface area contributed by atoms with Crippen molar-refractivity contribution in [1.29, 1.82) is 5.26 Å². The molecule has 2 rings (SSSR count). The first-order valence-electron chi connectivity index (χ1n) is 5.22. The minimum absolute atomic E-state index is 0.197. The number of benzene rings is 2. The van der Waals surface area contributed by atoms with Gasteiger partial charge in [-0.3, -0.25) is 0 Å². The van der Waals surface area contributed by atoms with Crippen LogP contribution in [0.5, 0.6) is 0 Å². The summed E-state index contributed by atoms with van der Waals surface area (Å²) in [6.07, 6.45) is 0. The van der Waals surface area contributed by atoms with Gasteiger partial charge in [0.15, 0.2) is 11.6 Å². The molecule has 0 saturated heterocycles. The van der Waals surface area contributed by atoms with E-state index in [1.807, 2.05) is 6.07 Å². The van der Waals surface area contributed by atoms with Gasteiger partial charge in [-0.2, -0.15) is 5.26 Å². The molecule has 0 heterocycles. The monoisotopic (exact) mass is 263 g/mol. The van der Waals surface area contributed by atoms with E-state index in [1.54, 1.807) is 0 Å². The maximum atomic E-state index is 13.5. The molecule has 2 aromatic rings. The molecule has 0 aromatic heterocycles. The van der Waals surface area contributed by atoms with Crippen LogP contribution in [0.4, 0.5) is 30.2 Å². The summed E-state index contributed by atoms with van der Waals surface area (Å²) in [5, 5.41) is 11.2. The molecule has 0 saturated carbocycles. The van der Waals surface area contributed by atoms with E-state index in [9.17, 15) is 13.2 Å². The third kappa shape index (κ3) is 2.60. The number of hydrogen-bond donors (Lipinski definition) is 2. The van der Waals surface area contributed by atoms with Crippen molar-refractivity contribution in [3.05, 3.63) is 53.3 Å². The Kier molecular flexibility index (Phi) is 3.29. The maximum Gasteiger partial charge on any atom is 0.182 e. The second kappa shape index (κ2) is 4.90. The van der Waals surface area contributed by atoms with Crippen molar-refractivity contribution in [1.82, 2.24) is 0 Å². The molecule has 0 aliphatic heterocycles. The Labute approximate surface area is 107 Å². The zero-order chi connectivity index (χ0) is 14.0. The van der Waals surface area contributed by atoms with Crippen LogP contribution in [0.15, 0.2) is 30.3 Å². The van der Waals surface area contributed by atoms with Gasteiger partial charge >= 0.3 is 0 Å². The van der Waals surface area contributed by atoms with Gasteiger partial charge in [-0.15, -0.1) is 0 Å². The molecule has 0 spiro atoms. The number of nitriles is 1. The molecular formula is C13H8F3N3. The van der Waals surface area contributed by atoms with Crippen molar-refractivity contribution in [2.45, 2.75) is 0 Å². The molecule has 0 fully saturated rings. The van der Waals surface area contributed by atoms with Crippen molar-refractivity contribution >= 4 is 17.1 Å². The van der Waals surface area contributed by atoms with E-state index in [2.05, 4.69) is 5.32 Å². The predicted octanol–water partition coefficient (Wildman–Crippen LogP) is 3.30. The van der Waals surface area contributed by atoms with Crippen LogP contribution in [-0.2, 0) is 0 Å². The Balaban J connectivity index is 2.44. The summed E-state index contributed by atoms with van der Waals surface area (Å²) in [5.74, 6) is -3.45. The molecule has 0 aliphatic rings. The third-order valence-corrected chi connectivity index (χ3v) is 2.44. The van der Waals surface area contributed by atoms with Crippen molar-refractivity contribution in [3.8, 4) is 6.07 Å². The van der Waals surface area contributed by atoms with Crippen LogP contribution in [0.3, 0.4) is 0 Å². The molecule has 3 nitrogen and oxygen atoms in total. The van der Waals surface area contributed by atoms with E-state index in [-0.39, 0.29) is 22.6 Å². The van der Waals surface area contributed by atoms with Crippen molar-refractivity contribution in [3.63, 3.8) is 0 Å². The average Bonchev–Trinajstić information content (AvgIpc) is 2.38. The van der Waals surface area contributed by atoms with Gasteiger partial charge in [0, 0.05) is 12.1 Å². The smallest absolute Gasteiger partial charge is 0.182 e. The second-order valence-electron chi connectivity index (χ2n) is 3.79. The summed E-state index contributed by atoms with van der Waals surface area (Å²) in [7, 11) is 0. The van der Waals surface area contributed by atoms with Gasteiger partial charge < -0.3 is 11.1 Å². The summed E-state index contributed by atoms with van der Waals surface area (Å²) in [5.41, 5.74) is 5.96. The fourth-order valence-electron chi connectivity index (χ4n) is 1.53. The first-order valence-corrected chi connectivity index (χ1v) is 5.22. The molecule has 0 radical (unpaired) electrons. The summed E-state index contributed by atoms with van der Waals surface area (Å²) >= 11 is 0. The standard InChI is InChI=1S/C13H8F3N3/c14-8-4-9(15)13(16)12(5-8)19-11-3-7(6-17)1-2-10(11)18/h1-5,19H,18H2. The number of nitrogen functional groups attached to an aromatic ring is 1. The fraction of sp³-hybridized carbons (Fsp3) is 0. The Morgan fingerprint density at radius 2 is 1.79 bits per heavy atom. The van der Waals surface area contributed by atoms with Gasteiger partial charge in [0.25, 0.3) is 0 Å². The summed E-state index contributed by atoms with van der Waals surface area (Å²) in [6.45, 7) is 0. The quantitative estimate of drug-likeness (QED) is 0.645. The molecule has 0 unspecified atom stereocenters. The molecule has 0 amide bonds. The normalized spacial score (nSPS) is 10.0. The Morgan fingerprint density at radius 3 is 2.47 bits per heavy atom. The average molecular weight is 263 g/mol. The van der Waals surface area contributed by atoms with E-state index in [4.69, 9.17) is 11.0 Å². The summed E-state index contributed by atoms with van der Waals surface area (Å²) in [6, 6.07) is 7.40. The van der Waals surface area contributed by atoms with Gasteiger partial charge in [-0.05, 0) is 18.2 Å².